The highest BCUT2D eigenvalue weighted by Crippen LogP contribution is 2.31. The number of carbonyl (C=O) groups is 2. The Labute approximate surface area is 139 Å². The third-order valence-corrected chi connectivity index (χ3v) is 5.25. The van der Waals surface area contributed by atoms with Crippen LogP contribution in [0.15, 0.2) is 24.3 Å². The summed E-state index contributed by atoms with van der Waals surface area (Å²) < 4.78 is 11.1. The number of ether oxygens (including phenoxy) is 2. The van der Waals surface area contributed by atoms with Crippen molar-refractivity contribution in [3.05, 3.63) is 24.3 Å². The zero-order chi connectivity index (χ0) is 16.1. The largest absolute Gasteiger partial charge is 0.485 e. The molecule has 1 atom stereocenters. The molecular weight excluding hydrogens is 316 g/mol. The molecule has 2 amide bonds. The first kappa shape index (κ1) is 16.0. The molecule has 124 valence electrons. The number of hydrogen-bond acceptors (Lipinski definition) is 5. The molecule has 0 saturated heterocycles. The van der Waals surface area contributed by atoms with Crippen LogP contribution in [0.4, 0.5) is 0 Å². The standard InChI is InChI=1S/C16H20N2O4S/c19-15(10-23-11-5-1-2-6-11)17-18-16(20)14-9-21-12-7-3-4-8-13(12)22-14/h3-4,7-8,11,14H,1-2,5-6,9-10H2,(H,17,19)(H,18,20)/t14-/m0/s1. The molecule has 3 rings (SSSR count). The summed E-state index contributed by atoms with van der Waals surface area (Å²) in [5.74, 6) is 0.886. The molecular formula is C16H20N2O4S. The van der Waals surface area contributed by atoms with Gasteiger partial charge in [-0.25, -0.2) is 0 Å². The van der Waals surface area contributed by atoms with Gasteiger partial charge in [-0.2, -0.15) is 0 Å². The predicted molar refractivity (Wildman–Crippen MR) is 87.4 cm³/mol. The van der Waals surface area contributed by atoms with Crippen LogP contribution in [0.2, 0.25) is 0 Å². The second-order valence-corrected chi connectivity index (χ2v) is 6.91. The fourth-order valence-electron chi connectivity index (χ4n) is 2.65. The number of benzene rings is 1. The molecule has 1 fully saturated rings. The van der Waals surface area contributed by atoms with Crippen molar-refractivity contribution in [3.63, 3.8) is 0 Å². The molecule has 0 bridgehead atoms. The van der Waals surface area contributed by atoms with E-state index in [9.17, 15) is 9.59 Å². The van der Waals surface area contributed by atoms with Crippen LogP contribution >= 0.6 is 11.8 Å². The fraction of sp³-hybridized carbons (Fsp3) is 0.500. The van der Waals surface area contributed by atoms with E-state index in [1.54, 1.807) is 23.9 Å². The Morgan fingerprint density at radius 2 is 1.87 bits per heavy atom. The zero-order valence-electron chi connectivity index (χ0n) is 12.7. The van der Waals surface area contributed by atoms with Gasteiger partial charge in [0.05, 0.1) is 5.75 Å². The number of nitrogens with one attached hydrogen (secondary N) is 2. The van der Waals surface area contributed by atoms with Crippen LogP contribution in [0, 0.1) is 0 Å². The maximum absolute atomic E-state index is 12.0. The van der Waals surface area contributed by atoms with Gasteiger partial charge in [0.2, 0.25) is 12.0 Å². The van der Waals surface area contributed by atoms with Gasteiger partial charge in [0.15, 0.2) is 11.5 Å². The highest BCUT2D eigenvalue weighted by atomic mass is 32.2. The van der Waals surface area contributed by atoms with Crippen molar-refractivity contribution in [2.75, 3.05) is 12.4 Å². The van der Waals surface area contributed by atoms with E-state index in [1.165, 1.54) is 25.7 Å². The van der Waals surface area contributed by atoms with Crippen molar-refractivity contribution in [1.29, 1.82) is 0 Å². The third-order valence-electron chi connectivity index (χ3n) is 3.88. The minimum absolute atomic E-state index is 0.121. The molecule has 0 unspecified atom stereocenters. The Morgan fingerprint density at radius 1 is 1.13 bits per heavy atom. The molecule has 0 radical (unpaired) electrons. The van der Waals surface area contributed by atoms with E-state index in [0.717, 1.165) is 0 Å². The summed E-state index contributed by atoms with van der Waals surface area (Å²) >= 11 is 1.65. The van der Waals surface area contributed by atoms with Gasteiger partial charge in [0.25, 0.3) is 5.91 Å². The van der Waals surface area contributed by atoms with Crippen molar-refractivity contribution in [2.24, 2.45) is 0 Å². The maximum Gasteiger partial charge on any atom is 0.283 e. The number of hydrogen-bond donors (Lipinski definition) is 2. The van der Waals surface area contributed by atoms with Gasteiger partial charge in [-0.05, 0) is 25.0 Å². The van der Waals surface area contributed by atoms with E-state index in [4.69, 9.17) is 9.47 Å². The first-order valence-corrected chi connectivity index (χ1v) is 8.86. The lowest BCUT2D eigenvalue weighted by atomic mass is 10.2. The average Bonchev–Trinajstić information content (AvgIpc) is 3.11. The minimum Gasteiger partial charge on any atom is -0.485 e. The molecule has 23 heavy (non-hydrogen) atoms. The molecule has 1 saturated carbocycles. The Bertz CT molecular complexity index is 575. The Balaban J connectivity index is 1.40. The van der Waals surface area contributed by atoms with Crippen molar-refractivity contribution >= 4 is 23.6 Å². The lowest BCUT2D eigenvalue weighted by molar-refractivity contribution is -0.134. The average molecular weight is 336 g/mol. The monoisotopic (exact) mass is 336 g/mol. The summed E-state index contributed by atoms with van der Waals surface area (Å²) in [5.41, 5.74) is 4.83. The Morgan fingerprint density at radius 3 is 2.65 bits per heavy atom. The van der Waals surface area contributed by atoms with Gasteiger partial charge in [0.1, 0.15) is 6.61 Å². The summed E-state index contributed by atoms with van der Waals surface area (Å²) in [5, 5.41) is 0.572. The predicted octanol–water partition coefficient (Wildman–Crippen LogP) is 1.65. The molecule has 1 aliphatic carbocycles. The summed E-state index contributed by atoms with van der Waals surface area (Å²) in [7, 11) is 0. The number of amides is 2. The van der Waals surface area contributed by atoms with Crippen LogP contribution in [-0.4, -0.2) is 35.5 Å². The molecule has 0 spiro atoms. The van der Waals surface area contributed by atoms with Crippen molar-refractivity contribution in [2.45, 2.75) is 37.0 Å². The lowest BCUT2D eigenvalue weighted by Gasteiger charge is -2.25. The molecule has 2 N–H and O–H groups in total. The van der Waals surface area contributed by atoms with E-state index in [1.807, 2.05) is 12.1 Å². The van der Waals surface area contributed by atoms with Gasteiger partial charge < -0.3 is 9.47 Å². The Kier molecular flexibility index (Phi) is 5.27. The van der Waals surface area contributed by atoms with Gasteiger partial charge >= 0.3 is 0 Å². The smallest absolute Gasteiger partial charge is 0.283 e. The number of para-hydroxylation sites is 2. The minimum atomic E-state index is -0.771. The van der Waals surface area contributed by atoms with Crippen LogP contribution in [0.3, 0.4) is 0 Å². The van der Waals surface area contributed by atoms with Crippen molar-refractivity contribution in [1.82, 2.24) is 10.9 Å². The molecule has 1 aliphatic heterocycles. The maximum atomic E-state index is 12.0. The number of carbonyl (C=O) groups excluding carboxylic acids is 2. The summed E-state index contributed by atoms with van der Waals surface area (Å²) in [6.45, 7) is 0.121. The molecule has 0 aromatic heterocycles. The van der Waals surface area contributed by atoms with Crippen molar-refractivity contribution < 1.29 is 19.1 Å². The van der Waals surface area contributed by atoms with E-state index in [0.29, 0.717) is 22.5 Å². The fourth-order valence-corrected chi connectivity index (χ4v) is 3.77. The second-order valence-electron chi connectivity index (χ2n) is 5.62. The molecule has 6 nitrogen and oxygen atoms in total. The number of hydrazine groups is 1. The topological polar surface area (TPSA) is 76.7 Å². The zero-order valence-corrected chi connectivity index (χ0v) is 13.6. The first-order chi connectivity index (χ1) is 11.2. The van der Waals surface area contributed by atoms with E-state index < -0.39 is 12.0 Å². The molecule has 1 aromatic carbocycles. The van der Waals surface area contributed by atoms with E-state index in [-0.39, 0.29) is 12.5 Å². The first-order valence-electron chi connectivity index (χ1n) is 7.81. The number of fused-ring (bicyclic) bond motifs is 1. The summed E-state index contributed by atoms with van der Waals surface area (Å²) in [4.78, 5) is 23.8. The van der Waals surface area contributed by atoms with Gasteiger partial charge in [0, 0.05) is 5.25 Å². The van der Waals surface area contributed by atoms with Crippen LogP contribution < -0.4 is 20.3 Å². The molecule has 1 heterocycles. The lowest BCUT2D eigenvalue weighted by Crippen LogP contribution is -2.51. The van der Waals surface area contributed by atoms with Gasteiger partial charge in [-0.3, -0.25) is 20.4 Å². The normalized spacial score (nSPS) is 20.1. The third kappa shape index (κ3) is 4.31. The van der Waals surface area contributed by atoms with Crippen LogP contribution in [0.5, 0.6) is 11.5 Å². The SMILES string of the molecule is O=C(CSC1CCCC1)NNC(=O)[C@@H]1COc2ccccc2O1. The van der Waals surface area contributed by atoms with Crippen LogP contribution in [0.25, 0.3) is 0 Å². The number of thioether (sulfide) groups is 1. The van der Waals surface area contributed by atoms with Crippen LogP contribution in [0.1, 0.15) is 25.7 Å². The van der Waals surface area contributed by atoms with Crippen LogP contribution in [-0.2, 0) is 9.59 Å². The number of rotatable bonds is 4. The molecule has 1 aromatic rings. The molecule has 2 aliphatic rings. The molecule has 7 heteroatoms. The summed E-state index contributed by atoms with van der Waals surface area (Å²) in [6, 6.07) is 7.17. The quantitative estimate of drug-likeness (QED) is 0.818. The van der Waals surface area contributed by atoms with Crippen molar-refractivity contribution in [3.8, 4) is 11.5 Å². The Hall–Kier alpha value is -1.89. The van der Waals surface area contributed by atoms with Gasteiger partial charge in [-0.15, -0.1) is 11.8 Å². The highest BCUT2D eigenvalue weighted by molar-refractivity contribution is 8.00. The summed E-state index contributed by atoms with van der Waals surface area (Å²) in [6.07, 6.45) is 4.08. The highest BCUT2D eigenvalue weighted by Gasteiger charge is 2.27. The second kappa shape index (κ2) is 7.59. The van der Waals surface area contributed by atoms with E-state index >= 15 is 0 Å². The van der Waals surface area contributed by atoms with E-state index in [2.05, 4.69) is 10.9 Å². The van der Waals surface area contributed by atoms with Gasteiger partial charge in [-0.1, -0.05) is 25.0 Å².